The predicted octanol–water partition coefficient (Wildman–Crippen LogP) is 3.98. The quantitative estimate of drug-likeness (QED) is 0.469. The number of halogens is 1. The highest BCUT2D eigenvalue weighted by atomic mass is 35.5. The molecule has 8 nitrogen and oxygen atoms in total. The van der Waals surface area contributed by atoms with Crippen molar-refractivity contribution in [3.8, 4) is 5.75 Å². The molecule has 0 radical (unpaired) electrons. The van der Waals surface area contributed by atoms with Crippen molar-refractivity contribution in [3.05, 3.63) is 59.1 Å². The number of benzene rings is 2. The zero-order valence-electron chi connectivity index (χ0n) is 20.9. The molecule has 36 heavy (non-hydrogen) atoms. The van der Waals surface area contributed by atoms with E-state index in [0.29, 0.717) is 22.9 Å². The minimum atomic E-state index is -3.79. The van der Waals surface area contributed by atoms with Crippen LogP contribution in [-0.2, 0) is 26.2 Å². The summed E-state index contributed by atoms with van der Waals surface area (Å²) in [6.07, 6.45) is 5.43. The minimum Gasteiger partial charge on any atom is -0.497 e. The van der Waals surface area contributed by atoms with Gasteiger partial charge in [0.05, 0.1) is 19.1 Å². The normalized spacial score (nSPS) is 14.8. The molecule has 0 saturated heterocycles. The fraction of sp³-hybridized carbons (Fsp3) is 0.462. The van der Waals surface area contributed by atoms with Crippen LogP contribution in [-0.4, -0.2) is 57.1 Å². The van der Waals surface area contributed by atoms with Gasteiger partial charge in [-0.1, -0.05) is 43.5 Å². The average molecular weight is 536 g/mol. The Balaban J connectivity index is 1.90. The summed E-state index contributed by atoms with van der Waals surface area (Å²) in [7, 11) is -2.22. The number of methoxy groups -OCH3 is 1. The van der Waals surface area contributed by atoms with Gasteiger partial charge in [-0.3, -0.25) is 13.9 Å². The fourth-order valence-electron chi connectivity index (χ4n) is 4.44. The van der Waals surface area contributed by atoms with Crippen LogP contribution in [0.25, 0.3) is 0 Å². The Bertz CT molecular complexity index is 1130. The number of anilines is 1. The number of carbonyl (C=O) groups is 2. The molecule has 1 unspecified atom stereocenters. The first kappa shape index (κ1) is 27.8. The number of nitrogens with zero attached hydrogens (tertiary/aromatic N) is 2. The van der Waals surface area contributed by atoms with Crippen LogP contribution in [0.3, 0.4) is 0 Å². The lowest BCUT2D eigenvalue weighted by Gasteiger charge is -2.33. The van der Waals surface area contributed by atoms with Crippen LogP contribution in [0.4, 0.5) is 5.69 Å². The molecule has 1 aliphatic carbocycles. The number of rotatable bonds is 11. The first-order valence-electron chi connectivity index (χ1n) is 12.1. The van der Waals surface area contributed by atoms with Crippen molar-refractivity contribution in [3.63, 3.8) is 0 Å². The Morgan fingerprint density at radius 3 is 2.22 bits per heavy atom. The molecule has 2 aromatic carbocycles. The standard InChI is InChI=1S/C26H34ClN3O5S/c1-4-24(26(32)28-21-7-5-6-8-21)29(17-19-9-15-23(35-2)16-10-19)25(31)18-30(36(3,33)34)22-13-11-20(27)12-14-22/h9-16,21,24H,4-8,17-18H2,1-3H3,(H,28,32). The summed E-state index contributed by atoms with van der Waals surface area (Å²) in [5.41, 5.74) is 1.12. The maximum atomic E-state index is 13.7. The molecule has 2 amide bonds. The number of hydrogen-bond acceptors (Lipinski definition) is 5. The van der Waals surface area contributed by atoms with Gasteiger partial charge in [-0.05, 0) is 61.2 Å². The highest BCUT2D eigenvalue weighted by molar-refractivity contribution is 7.92. The smallest absolute Gasteiger partial charge is 0.244 e. The van der Waals surface area contributed by atoms with Crippen LogP contribution < -0.4 is 14.4 Å². The van der Waals surface area contributed by atoms with Crippen molar-refractivity contribution in [1.29, 1.82) is 0 Å². The van der Waals surface area contributed by atoms with E-state index in [4.69, 9.17) is 16.3 Å². The van der Waals surface area contributed by atoms with E-state index in [1.165, 1.54) is 4.90 Å². The molecule has 0 aromatic heterocycles. The average Bonchev–Trinajstić information content (AvgIpc) is 3.35. The lowest BCUT2D eigenvalue weighted by molar-refractivity contribution is -0.140. The molecule has 1 saturated carbocycles. The Morgan fingerprint density at radius 2 is 1.69 bits per heavy atom. The van der Waals surface area contributed by atoms with Gasteiger partial charge in [-0.25, -0.2) is 8.42 Å². The number of nitrogens with one attached hydrogen (secondary N) is 1. The summed E-state index contributed by atoms with van der Waals surface area (Å²) >= 11 is 5.97. The van der Waals surface area contributed by atoms with E-state index in [1.54, 1.807) is 43.5 Å². The zero-order valence-corrected chi connectivity index (χ0v) is 22.5. The highest BCUT2D eigenvalue weighted by Gasteiger charge is 2.33. The molecule has 0 aliphatic heterocycles. The Labute approximate surface area is 218 Å². The summed E-state index contributed by atoms with van der Waals surface area (Å²) < 4.78 is 31.5. The zero-order chi connectivity index (χ0) is 26.3. The van der Waals surface area contributed by atoms with E-state index in [2.05, 4.69) is 5.32 Å². The maximum absolute atomic E-state index is 13.7. The van der Waals surface area contributed by atoms with Gasteiger partial charge in [0.1, 0.15) is 18.3 Å². The van der Waals surface area contributed by atoms with Gasteiger partial charge < -0.3 is 15.0 Å². The van der Waals surface area contributed by atoms with Crippen LogP contribution in [0.2, 0.25) is 5.02 Å². The molecule has 0 bridgehead atoms. The fourth-order valence-corrected chi connectivity index (χ4v) is 5.41. The Kier molecular flexibility index (Phi) is 9.62. The van der Waals surface area contributed by atoms with Crippen molar-refractivity contribution < 1.29 is 22.7 Å². The van der Waals surface area contributed by atoms with Gasteiger partial charge in [0.2, 0.25) is 21.8 Å². The third kappa shape index (κ3) is 7.36. The summed E-state index contributed by atoms with van der Waals surface area (Å²) in [6.45, 7) is 1.56. The molecule has 3 rings (SSSR count). The van der Waals surface area contributed by atoms with Crippen LogP contribution in [0.15, 0.2) is 48.5 Å². The van der Waals surface area contributed by atoms with Crippen LogP contribution in [0, 0.1) is 0 Å². The SMILES string of the molecule is CCC(C(=O)NC1CCCC1)N(Cc1ccc(OC)cc1)C(=O)CN(c1ccc(Cl)cc1)S(C)(=O)=O. The van der Waals surface area contributed by atoms with E-state index in [-0.39, 0.29) is 18.5 Å². The summed E-state index contributed by atoms with van der Waals surface area (Å²) in [5.74, 6) is -0.0168. The topological polar surface area (TPSA) is 96.0 Å². The molecule has 1 fully saturated rings. The molecule has 0 spiro atoms. The summed E-state index contributed by atoms with van der Waals surface area (Å²) in [5, 5.41) is 3.54. The minimum absolute atomic E-state index is 0.103. The summed E-state index contributed by atoms with van der Waals surface area (Å²) in [6, 6.07) is 12.8. The monoisotopic (exact) mass is 535 g/mol. The van der Waals surface area contributed by atoms with E-state index in [0.717, 1.165) is 41.8 Å². The lowest BCUT2D eigenvalue weighted by atomic mass is 10.1. The predicted molar refractivity (Wildman–Crippen MR) is 142 cm³/mol. The number of carbonyl (C=O) groups excluding carboxylic acids is 2. The molecule has 1 atom stereocenters. The van der Waals surface area contributed by atoms with Crippen molar-refractivity contribution in [2.45, 2.75) is 57.7 Å². The van der Waals surface area contributed by atoms with Crippen molar-refractivity contribution in [1.82, 2.24) is 10.2 Å². The molecule has 196 valence electrons. The van der Waals surface area contributed by atoms with Gasteiger partial charge in [-0.15, -0.1) is 0 Å². The Morgan fingerprint density at radius 1 is 1.08 bits per heavy atom. The van der Waals surface area contributed by atoms with Gasteiger partial charge >= 0.3 is 0 Å². The Hall–Kier alpha value is -2.78. The second-order valence-electron chi connectivity index (χ2n) is 9.03. The van der Waals surface area contributed by atoms with E-state index < -0.39 is 28.5 Å². The molecule has 10 heteroatoms. The molecule has 0 heterocycles. The van der Waals surface area contributed by atoms with Gasteiger partial charge in [0, 0.05) is 17.6 Å². The number of amides is 2. The molecular weight excluding hydrogens is 502 g/mol. The summed E-state index contributed by atoms with van der Waals surface area (Å²) in [4.78, 5) is 28.5. The molecular formula is C26H34ClN3O5S. The number of hydrogen-bond donors (Lipinski definition) is 1. The first-order chi connectivity index (χ1) is 17.1. The van der Waals surface area contributed by atoms with Crippen LogP contribution in [0.5, 0.6) is 5.75 Å². The van der Waals surface area contributed by atoms with Gasteiger partial charge in [0.15, 0.2) is 0 Å². The second kappa shape index (κ2) is 12.5. The third-order valence-electron chi connectivity index (χ3n) is 6.39. The first-order valence-corrected chi connectivity index (χ1v) is 14.3. The van der Waals surface area contributed by atoms with Crippen LogP contribution >= 0.6 is 11.6 Å². The molecule has 1 aliphatic rings. The maximum Gasteiger partial charge on any atom is 0.244 e. The van der Waals surface area contributed by atoms with Crippen molar-refractivity contribution in [2.24, 2.45) is 0 Å². The highest BCUT2D eigenvalue weighted by Crippen LogP contribution is 2.23. The number of sulfonamides is 1. The lowest BCUT2D eigenvalue weighted by Crippen LogP contribution is -2.53. The van der Waals surface area contributed by atoms with Gasteiger partial charge in [-0.2, -0.15) is 0 Å². The largest absolute Gasteiger partial charge is 0.497 e. The molecule has 2 aromatic rings. The van der Waals surface area contributed by atoms with Gasteiger partial charge in [0.25, 0.3) is 0 Å². The van der Waals surface area contributed by atoms with Crippen molar-refractivity contribution in [2.75, 3.05) is 24.2 Å². The van der Waals surface area contributed by atoms with Crippen molar-refractivity contribution >= 4 is 39.1 Å². The van der Waals surface area contributed by atoms with E-state index in [9.17, 15) is 18.0 Å². The number of ether oxygens (including phenoxy) is 1. The van der Waals surface area contributed by atoms with Crippen LogP contribution in [0.1, 0.15) is 44.6 Å². The third-order valence-corrected chi connectivity index (χ3v) is 7.79. The second-order valence-corrected chi connectivity index (χ2v) is 11.4. The molecule has 1 N–H and O–H groups in total. The van der Waals surface area contributed by atoms with E-state index in [1.807, 2.05) is 19.1 Å². The van der Waals surface area contributed by atoms with E-state index >= 15 is 0 Å².